The van der Waals surface area contributed by atoms with Crippen LogP contribution in [0.5, 0.6) is 0 Å². The van der Waals surface area contributed by atoms with E-state index in [2.05, 4.69) is 26.8 Å². The average molecular weight is 490 g/mol. The van der Waals surface area contributed by atoms with Gasteiger partial charge in [0.1, 0.15) is 0 Å². The lowest BCUT2D eigenvalue weighted by molar-refractivity contribution is -0.194. The number of aryl methyl sites for hydroxylation is 1. The number of carbonyl (C=O) groups is 3. The molecule has 2 amide bonds. The van der Waals surface area contributed by atoms with Gasteiger partial charge in [-0.25, -0.2) is 4.90 Å². The largest absolute Gasteiger partial charge is 0.481 e. The Bertz CT molecular complexity index is 1200. The molecule has 192 valence electrons. The summed E-state index contributed by atoms with van der Waals surface area (Å²) < 4.78 is 0. The molecule has 5 nitrogen and oxygen atoms in total. The second-order valence-corrected chi connectivity index (χ2v) is 13.3. The summed E-state index contributed by atoms with van der Waals surface area (Å²) in [4.78, 5) is 42.3. The molecule has 8 atom stereocenters. The average Bonchev–Trinajstić information content (AvgIpc) is 3.10. The van der Waals surface area contributed by atoms with Gasteiger partial charge in [-0.15, -0.1) is 0 Å². The van der Waals surface area contributed by atoms with Crippen LogP contribution in [0.15, 0.2) is 35.9 Å². The topological polar surface area (TPSA) is 74.7 Å². The SMILES string of the molecule is Cc1cccc(N2C(=O)[C@@H]3[C@@H]4C[C@H]5[C@@]6(C)CCC[C@@](C)(C(=O)O)[C@@H]6CC[C@@]5(C=C4C(C)C)[C@@H]3C2=O)c1. The Morgan fingerprint density at radius 1 is 1.08 bits per heavy atom. The molecule has 1 aromatic rings. The lowest BCUT2D eigenvalue weighted by atomic mass is 9.34. The first-order valence-electron chi connectivity index (χ1n) is 13.9. The lowest BCUT2D eigenvalue weighted by Gasteiger charge is -2.68. The number of hydrogen-bond acceptors (Lipinski definition) is 3. The zero-order valence-corrected chi connectivity index (χ0v) is 22.2. The number of fused-ring (bicyclic) bond motifs is 1. The molecule has 0 unspecified atom stereocenters. The van der Waals surface area contributed by atoms with E-state index in [-0.39, 0.29) is 52.2 Å². The van der Waals surface area contributed by atoms with Crippen LogP contribution < -0.4 is 4.90 Å². The highest BCUT2D eigenvalue weighted by Gasteiger charge is 2.73. The second kappa shape index (κ2) is 7.55. The number of amides is 2. The third kappa shape index (κ3) is 2.80. The van der Waals surface area contributed by atoms with Gasteiger partial charge in [-0.3, -0.25) is 14.4 Å². The van der Waals surface area contributed by atoms with Gasteiger partial charge in [-0.05, 0) is 92.7 Å². The molecule has 36 heavy (non-hydrogen) atoms. The summed E-state index contributed by atoms with van der Waals surface area (Å²) in [6, 6.07) is 7.73. The van der Waals surface area contributed by atoms with Crippen LogP contribution in [0.3, 0.4) is 0 Å². The Labute approximate surface area is 214 Å². The Balaban J connectivity index is 1.50. The van der Waals surface area contributed by atoms with Crippen molar-refractivity contribution in [3.63, 3.8) is 0 Å². The molecular formula is C31H39NO4. The summed E-state index contributed by atoms with van der Waals surface area (Å²) in [7, 11) is 0. The van der Waals surface area contributed by atoms with Crippen LogP contribution in [-0.2, 0) is 14.4 Å². The van der Waals surface area contributed by atoms with Crippen molar-refractivity contribution in [2.75, 3.05) is 4.90 Å². The highest BCUT2D eigenvalue weighted by atomic mass is 16.4. The minimum atomic E-state index is -0.724. The Hall–Kier alpha value is -2.43. The van der Waals surface area contributed by atoms with E-state index in [1.807, 2.05) is 38.1 Å². The number of benzene rings is 1. The standard InChI is InChI=1S/C31H39NO4/c1-17(2)21-16-31-13-10-22-29(4,11-7-12-30(22,5)28(35)36)23(31)15-20(21)24-25(31)27(34)32(26(24)33)19-9-6-8-18(3)14-19/h6,8-9,14,16-17,20,22-25H,7,10-13,15H2,1-5H3,(H,35,36)/t20-,22-,23+,24-,25+,29+,30-,31+/m1/s1. The Kier molecular flexibility index (Phi) is 5.02. The summed E-state index contributed by atoms with van der Waals surface area (Å²) in [5.41, 5.74) is 1.83. The minimum Gasteiger partial charge on any atom is -0.481 e. The fourth-order valence-electron chi connectivity index (χ4n) is 9.98. The first-order chi connectivity index (χ1) is 17.0. The maximum absolute atomic E-state index is 14.3. The van der Waals surface area contributed by atoms with Crippen LogP contribution in [0.25, 0.3) is 0 Å². The van der Waals surface area contributed by atoms with Gasteiger partial charge in [0.05, 0.1) is 22.9 Å². The van der Waals surface area contributed by atoms with Gasteiger partial charge in [0, 0.05) is 5.41 Å². The van der Waals surface area contributed by atoms with E-state index in [1.54, 1.807) is 0 Å². The lowest BCUT2D eigenvalue weighted by Crippen LogP contribution is -2.65. The highest BCUT2D eigenvalue weighted by molar-refractivity contribution is 6.23. The number of carbonyl (C=O) groups excluding carboxylic acids is 2. The Morgan fingerprint density at radius 2 is 1.83 bits per heavy atom. The second-order valence-electron chi connectivity index (χ2n) is 13.3. The number of hydrogen-bond donors (Lipinski definition) is 1. The van der Waals surface area contributed by atoms with E-state index in [4.69, 9.17) is 0 Å². The van der Waals surface area contributed by atoms with Crippen LogP contribution in [0, 0.1) is 58.7 Å². The van der Waals surface area contributed by atoms with E-state index in [0.29, 0.717) is 11.6 Å². The molecule has 4 fully saturated rings. The van der Waals surface area contributed by atoms with E-state index < -0.39 is 11.4 Å². The zero-order chi connectivity index (χ0) is 25.8. The van der Waals surface area contributed by atoms with Crippen LogP contribution in [-0.4, -0.2) is 22.9 Å². The monoisotopic (exact) mass is 489 g/mol. The molecule has 1 aromatic carbocycles. The first kappa shape index (κ1) is 23.9. The summed E-state index contributed by atoms with van der Waals surface area (Å²) in [5.74, 6) is -0.679. The maximum Gasteiger partial charge on any atom is 0.309 e. The third-order valence-corrected chi connectivity index (χ3v) is 11.4. The summed E-state index contributed by atoms with van der Waals surface area (Å²) in [6.45, 7) is 10.7. The fourth-order valence-corrected chi connectivity index (χ4v) is 9.98. The molecule has 0 radical (unpaired) electrons. The number of carboxylic acid groups (broad SMARTS) is 1. The molecule has 5 heteroatoms. The molecule has 1 N–H and O–H groups in total. The zero-order valence-electron chi connectivity index (χ0n) is 22.2. The number of aliphatic carboxylic acids is 1. The maximum atomic E-state index is 14.3. The molecule has 0 aromatic heterocycles. The molecule has 1 aliphatic heterocycles. The smallest absolute Gasteiger partial charge is 0.309 e. The van der Waals surface area contributed by atoms with Gasteiger partial charge < -0.3 is 5.11 Å². The number of imide groups is 1. The van der Waals surface area contributed by atoms with Crippen molar-refractivity contribution < 1.29 is 19.5 Å². The molecule has 6 aliphatic rings. The third-order valence-electron chi connectivity index (χ3n) is 11.4. The molecule has 1 heterocycles. The summed E-state index contributed by atoms with van der Waals surface area (Å²) >= 11 is 0. The van der Waals surface area contributed by atoms with Gasteiger partial charge in [0.15, 0.2) is 0 Å². The molecule has 7 rings (SSSR count). The van der Waals surface area contributed by atoms with E-state index >= 15 is 0 Å². The predicted molar refractivity (Wildman–Crippen MR) is 138 cm³/mol. The van der Waals surface area contributed by atoms with Gasteiger partial charge in [0.25, 0.3) is 0 Å². The van der Waals surface area contributed by atoms with Crippen molar-refractivity contribution in [3.8, 4) is 0 Å². The fraction of sp³-hybridized carbons (Fsp3) is 0.645. The number of carboxylic acids is 1. The van der Waals surface area contributed by atoms with Crippen molar-refractivity contribution in [1.29, 1.82) is 0 Å². The number of rotatable bonds is 3. The first-order valence-corrected chi connectivity index (χ1v) is 13.9. The normalized spacial score (nSPS) is 43.2. The number of allylic oxidation sites excluding steroid dienone is 2. The van der Waals surface area contributed by atoms with Crippen molar-refractivity contribution in [2.24, 2.45) is 51.8 Å². The van der Waals surface area contributed by atoms with E-state index in [0.717, 1.165) is 44.1 Å². The Morgan fingerprint density at radius 3 is 2.50 bits per heavy atom. The number of nitrogens with zero attached hydrogens (tertiary/aromatic N) is 1. The minimum absolute atomic E-state index is 0.0315. The van der Waals surface area contributed by atoms with E-state index in [9.17, 15) is 19.5 Å². The van der Waals surface area contributed by atoms with Gasteiger partial charge >= 0.3 is 5.97 Å². The molecule has 1 spiro atoms. The van der Waals surface area contributed by atoms with Crippen LogP contribution in [0.4, 0.5) is 5.69 Å². The van der Waals surface area contributed by atoms with Gasteiger partial charge in [-0.1, -0.05) is 51.0 Å². The molecule has 2 bridgehead atoms. The molecule has 1 saturated heterocycles. The molecule has 5 aliphatic carbocycles. The molecule has 3 saturated carbocycles. The number of anilines is 1. The van der Waals surface area contributed by atoms with Crippen LogP contribution in [0.2, 0.25) is 0 Å². The van der Waals surface area contributed by atoms with Gasteiger partial charge in [0.2, 0.25) is 11.8 Å². The van der Waals surface area contributed by atoms with Crippen LogP contribution in [0.1, 0.15) is 71.8 Å². The van der Waals surface area contributed by atoms with Gasteiger partial charge in [-0.2, -0.15) is 0 Å². The summed E-state index contributed by atoms with van der Waals surface area (Å²) in [5, 5.41) is 10.3. The van der Waals surface area contributed by atoms with Crippen molar-refractivity contribution in [1.82, 2.24) is 0 Å². The van der Waals surface area contributed by atoms with Crippen molar-refractivity contribution in [2.45, 2.75) is 73.1 Å². The van der Waals surface area contributed by atoms with Crippen LogP contribution >= 0.6 is 0 Å². The quantitative estimate of drug-likeness (QED) is 0.417. The van der Waals surface area contributed by atoms with E-state index in [1.165, 1.54) is 10.5 Å². The van der Waals surface area contributed by atoms with Crippen molar-refractivity contribution in [3.05, 3.63) is 41.5 Å². The molecular weight excluding hydrogens is 450 g/mol. The van der Waals surface area contributed by atoms with Crippen molar-refractivity contribution >= 4 is 23.5 Å². The summed E-state index contributed by atoms with van der Waals surface area (Å²) in [6.07, 6.45) is 7.58. The highest BCUT2D eigenvalue weighted by Crippen LogP contribution is 2.74. The predicted octanol–water partition coefficient (Wildman–Crippen LogP) is 6.01.